The van der Waals surface area contributed by atoms with E-state index in [1.165, 1.54) is 11.5 Å². The molecule has 3 unspecified atom stereocenters. The lowest BCUT2D eigenvalue weighted by Crippen LogP contribution is -2.34. The molecule has 2 rings (SSSR count). The fraction of sp³-hybridized carbons (Fsp3) is 0.643. The third kappa shape index (κ3) is 4.04. The highest BCUT2D eigenvalue weighted by Gasteiger charge is 2.29. The zero-order valence-electron chi connectivity index (χ0n) is 11.7. The highest BCUT2D eigenvalue weighted by molar-refractivity contribution is 8.07. The number of rotatable bonds is 4. The van der Waals surface area contributed by atoms with Gasteiger partial charge in [-0.05, 0) is 25.5 Å². The van der Waals surface area contributed by atoms with Gasteiger partial charge in [0.1, 0.15) is 5.75 Å². The summed E-state index contributed by atoms with van der Waals surface area (Å²) in [5, 5.41) is 1.04. The third-order valence-electron chi connectivity index (χ3n) is 3.08. The number of hydrogen-bond donors (Lipinski definition) is 1. The molecule has 3 nitrogen and oxygen atoms in total. The number of hydrogen-bond acceptors (Lipinski definition) is 5. The van der Waals surface area contributed by atoms with Crippen molar-refractivity contribution in [3.63, 3.8) is 0 Å². The summed E-state index contributed by atoms with van der Waals surface area (Å²) in [6, 6.07) is 2.06. The van der Waals surface area contributed by atoms with Crippen molar-refractivity contribution in [2.24, 2.45) is 5.73 Å². The van der Waals surface area contributed by atoms with Gasteiger partial charge in [0.25, 0.3) is 0 Å². The molecule has 0 aliphatic carbocycles. The van der Waals surface area contributed by atoms with Crippen molar-refractivity contribution in [1.29, 1.82) is 0 Å². The maximum Gasteiger partial charge on any atom is 0.138 e. The fourth-order valence-electron chi connectivity index (χ4n) is 2.19. The molecule has 0 amide bonds. The molecule has 1 fully saturated rings. The Balaban J connectivity index is 2.11. The number of aromatic nitrogens is 1. The Bertz CT molecular complexity index is 414. The molecule has 19 heavy (non-hydrogen) atoms. The van der Waals surface area contributed by atoms with Crippen molar-refractivity contribution in [2.45, 2.75) is 43.4 Å². The van der Waals surface area contributed by atoms with E-state index in [9.17, 15) is 0 Å². The van der Waals surface area contributed by atoms with Gasteiger partial charge in [-0.15, -0.1) is 0 Å². The molecule has 2 heterocycles. The van der Waals surface area contributed by atoms with Crippen LogP contribution < -0.4 is 10.5 Å². The van der Waals surface area contributed by atoms with Crippen LogP contribution in [0.5, 0.6) is 5.75 Å². The van der Waals surface area contributed by atoms with Crippen LogP contribution in [0.3, 0.4) is 0 Å². The van der Waals surface area contributed by atoms with Gasteiger partial charge < -0.3 is 10.5 Å². The first-order valence-corrected chi connectivity index (χ1v) is 8.78. The normalized spacial score (nSPS) is 25.3. The maximum absolute atomic E-state index is 6.43. The van der Waals surface area contributed by atoms with Crippen LogP contribution in [0.25, 0.3) is 0 Å². The summed E-state index contributed by atoms with van der Waals surface area (Å²) < 4.78 is 5.69. The lowest BCUT2D eigenvalue weighted by Gasteiger charge is -2.32. The van der Waals surface area contributed by atoms with Gasteiger partial charge in [-0.3, -0.25) is 4.98 Å². The molecule has 1 aliphatic heterocycles. The first kappa shape index (κ1) is 15.0. The zero-order chi connectivity index (χ0) is 13.8. The van der Waals surface area contributed by atoms with E-state index in [0.29, 0.717) is 10.5 Å². The number of nitrogens with two attached hydrogens (primary N) is 1. The largest absolute Gasteiger partial charge is 0.489 e. The Kier molecular flexibility index (Phi) is 5.42. The summed E-state index contributed by atoms with van der Waals surface area (Å²) in [7, 11) is 0. The van der Waals surface area contributed by atoms with Gasteiger partial charge in [0.15, 0.2) is 0 Å². The lowest BCUT2D eigenvalue weighted by atomic mass is 10.0. The van der Waals surface area contributed by atoms with Gasteiger partial charge in [0, 0.05) is 34.2 Å². The molecule has 106 valence electrons. The van der Waals surface area contributed by atoms with Crippen LogP contribution >= 0.6 is 23.5 Å². The van der Waals surface area contributed by atoms with Gasteiger partial charge in [0.05, 0.1) is 12.3 Å². The molecule has 2 N–H and O–H groups in total. The first-order valence-electron chi connectivity index (χ1n) is 6.68. The number of thioether (sulfide) groups is 2. The highest BCUT2D eigenvalue weighted by atomic mass is 32.2. The molecule has 0 aromatic carbocycles. The van der Waals surface area contributed by atoms with E-state index in [0.717, 1.165) is 11.3 Å². The molecular formula is C14H22N2OS2. The highest BCUT2D eigenvalue weighted by Crippen LogP contribution is 2.37. The summed E-state index contributed by atoms with van der Waals surface area (Å²) in [5.41, 5.74) is 7.50. The summed E-state index contributed by atoms with van der Waals surface area (Å²) in [6.45, 7) is 6.30. The zero-order valence-corrected chi connectivity index (χ0v) is 13.3. The second-order valence-corrected chi connectivity index (χ2v) is 7.83. The molecule has 1 aromatic heterocycles. The Labute approximate surface area is 124 Å². The predicted molar refractivity (Wildman–Crippen MR) is 85.1 cm³/mol. The second kappa shape index (κ2) is 6.86. The van der Waals surface area contributed by atoms with Crippen molar-refractivity contribution in [3.05, 3.63) is 24.0 Å². The number of ether oxygens (including phenoxy) is 1. The molecule has 5 heteroatoms. The minimum absolute atomic E-state index is 0.0241. The van der Waals surface area contributed by atoms with Gasteiger partial charge >= 0.3 is 0 Å². The molecule has 1 aliphatic rings. The smallest absolute Gasteiger partial charge is 0.138 e. The van der Waals surface area contributed by atoms with E-state index >= 15 is 0 Å². The van der Waals surface area contributed by atoms with Crippen molar-refractivity contribution in [2.75, 3.05) is 11.5 Å². The van der Waals surface area contributed by atoms with Gasteiger partial charge in [-0.2, -0.15) is 23.5 Å². The van der Waals surface area contributed by atoms with E-state index in [2.05, 4.69) is 11.9 Å². The Morgan fingerprint density at radius 3 is 2.74 bits per heavy atom. The Morgan fingerprint density at radius 1 is 1.32 bits per heavy atom. The Hall–Kier alpha value is -0.390. The van der Waals surface area contributed by atoms with Crippen molar-refractivity contribution in [3.8, 4) is 5.75 Å². The maximum atomic E-state index is 6.43. The van der Waals surface area contributed by atoms with E-state index < -0.39 is 0 Å². The van der Waals surface area contributed by atoms with Crippen LogP contribution in [-0.2, 0) is 0 Å². The molecule has 1 aromatic rings. The molecule has 0 spiro atoms. The topological polar surface area (TPSA) is 48.1 Å². The van der Waals surface area contributed by atoms with E-state index in [1.54, 1.807) is 6.20 Å². The monoisotopic (exact) mass is 298 g/mol. The van der Waals surface area contributed by atoms with Crippen molar-refractivity contribution in [1.82, 2.24) is 4.98 Å². The number of pyridine rings is 1. The number of nitrogens with zero attached hydrogens (tertiary/aromatic N) is 1. The quantitative estimate of drug-likeness (QED) is 0.925. The van der Waals surface area contributed by atoms with Crippen molar-refractivity contribution < 1.29 is 4.74 Å². The van der Waals surface area contributed by atoms with E-state index in [1.807, 2.05) is 49.6 Å². The Morgan fingerprint density at radius 2 is 2.05 bits per heavy atom. The van der Waals surface area contributed by atoms with Gasteiger partial charge in [-0.1, -0.05) is 6.92 Å². The molecule has 1 saturated heterocycles. The van der Waals surface area contributed by atoms with Crippen LogP contribution in [-0.4, -0.2) is 33.1 Å². The third-order valence-corrected chi connectivity index (χ3v) is 6.30. The first-order chi connectivity index (χ1) is 9.08. The summed E-state index contributed by atoms with van der Waals surface area (Å²) in [6.07, 6.45) is 3.78. The van der Waals surface area contributed by atoms with E-state index in [4.69, 9.17) is 10.5 Å². The second-order valence-electron chi connectivity index (χ2n) is 5.06. The minimum Gasteiger partial charge on any atom is -0.489 e. The van der Waals surface area contributed by atoms with Crippen LogP contribution in [0.15, 0.2) is 18.5 Å². The van der Waals surface area contributed by atoms with E-state index in [-0.39, 0.29) is 12.1 Å². The van der Waals surface area contributed by atoms with Crippen LogP contribution in [0, 0.1) is 0 Å². The lowest BCUT2D eigenvalue weighted by molar-refractivity contribution is 0.241. The molecule has 0 radical (unpaired) electrons. The van der Waals surface area contributed by atoms with Gasteiger partial charge in [-0.25, -0.2) is 0 Å². The minimum atomic E-state index is 0.0241. The fourth-order valence-corrected chi connectivity index (χ4v) is 5.07. The molecule has 0 bridgehead atoms. The van der Waals surface area contributed by atoms with Crippen LogP contribution in [0.4, 0.5) is 0 Å². The van der Waals surface area contributed by atoms with Crippen molar-refractivity contribution >= 4 is 23.5 Å². The molecule has 3 atom stereocenters. The molecular weight excluding hydrogens is 276 g/mol. The average Bonchev–Trinajstić information content (AvgIpc) is 2.38. The van der Waals surface area contributed by atoms with Crippen LogP contribution in [0.2, 0.25) is 0 Å². The SMILES string of the molecule is CC(C)Oc1cncc(C(N)C2SCCSC2C)c1. The summed E-state index contributed by atoms with van der Waals surface area (Å²) in [4.78, 5) is 4.26. The predicted octanol–water partition coefficient (Wildman–Crippen LogP) is 3.11. The van der Waals surface area contributed by atoms with Crippen LogP contribution in [0.1, 0.15) is 32.4 Å². The molecule has 0 saturated carbocycles. The average molecular weight is 298 g/mol. The van der Waals surface area contributed by atoms with Gasteiger partial charge in [0.2, 0.25) is 0 Å². The summed E-state index contributed by atoms with van der Waals surface area (Å²) >= 11 is 3.99. The summed E-state index contributed by atoms with van der Waals surface area (Å²) in [5.74, 6) is 3.22. The standard InChI is InChI=1S/C14H22N2OS2/c1-9(2)17-12-6-11(7-16-8-12)13(15)14-10(3)18-4-5-19-14/h6-10,13-14H,4-5,15H2,1-3H3.